The second-order valence-electron chi connectivity index (χ2n) is 4.97. The van der Waals surface area contributed by atoms with Crippen molar-refractivity contribution >= 4 is 21.6 Å². The van der Waals surface area contributed by atoms with Crippen LogP contribution < -0.4 is 4.72 Å². The maximum atomic E-state index is 11.9. The van der Waals surface area contributed by atoms with Crippen molar-refractivity contribution in [1.82, 2.24) is 9.71 Å². The van der Waals surface area contributed by atoms with Crippen molar-refractivity contribution < 1.29 is 13.2 Å². The highest BCUT2D eigenvalue weighted by atomic mass is 35.5. The van der Waals surface area contributed by atoms with Gasteiger partial charge in [0.15, 0.2) is 0 Å². The Labute approximate surface area is 124 Å². The van der Waals surface area contributed by atoms with Crippen LogP contribution >= 0.6 is 11.6 Å². The zero-order chi connectivity index (χ0) is 14.4. The van der Waals surface area contributed by atoms with Crippen molar-refractivity contribution in [2.45, 2.75) is 25.8 Å². The number of ether oxygens (including phenoxy) is 1. The van der Waals surface area contributed by atoms with Gasteiger partial charge >= 0.3 is 0 Å². The molecule has 112 valence electrons. The van der Waals surface area contributed by atoms with Gasteiger partial charge in [0.2, 0.25) is 10.0 Å². The highest BCUT2D eigenvalue weighted by Crippen LogP contribution is 2.19. The van der Waals surface area contributed by atoms with E-state index >= 15 is 0 Å². The summed E-state index contributed by atoms with van der Waals surface area (Å²) in [6, 6.07) is 3.40. The molecule has 0 aromatic carbocycles. The molecule has 1 aliphatic rings. The van der Waals surface area contributed by atoms with E-state index in [1.165, 1.54) is 0 Å². The number of aromatic nitrogens is 1. The van der Waals surface area contributed by atoms with Crippen LogP contribution in [0.1, 0.15) is 24.8 Å². The minimum absolute atomic E-state index is 0.163. The van der Waals surface area contributed by atoms with Crippen LogP contribution in [0.3, 0.4) is 0 Å². The van der Waals surface area contributed by atoms with Crippen LogP contribution in [-0.4, -0.2) is 32.4 Å². The first-order valence-corrected chi connectivity index (χ1v) is 8.74. The Morgan fingerprint density at radius 3 is 2.85 bits per heavy atom. The molecule has 1 aromatic heterocycles. The lowest BCUT2D eigenvalue weighted by atomic mass is 9.98. The molecule has 20 heavy (non-hydrogen) atoms. The average molecular weight is 319 g/mol. The third-order valence-corrected chi connectivity index (χ3v) is 4.99. The van der Waals surface area contributed by atoms with Gasteiger partial charge in [0.05, 0.1) is 5.75 Å². The third-order valence-electron chi connectivity index (χ3n) is 3.42. The average Bonchev–Trinajstić information content (AvgIpc) is 2.45. The van der Waals surface area contributed by atoms with Crippen molar-refractivity contribution in [3.63, 3.8) is 0 Å². The molecule has 0 atom stereocenters. The number of nitrogens with zero attached hydrogens (tertiary/aromatic N) is 1. The Morgan fingerprint density at radius 1 is 1.40 bits per heavy atom. The second-order valence-corrected chi connectivity index (χ2v) is 7.28. The first-order chi connectivity index (χ1) is 9.55. The number of nitrogens with one attached hydrogen (secondary N) is 1. The quantitative estimate of drug-likeness (QED) is 0.814. The van der Waals surface area contributed by atoms with E-state index in [4.69, 9.17) is 16.3 Å². The zero-order valence-electron chi connectivity index (χ0n) is 11.2. The molecule has 1 fully saturated rings. The van der Waals surface area contributed by atoms with E-state index in [1.54, 1.807) is 18.3 Å². The molecular formula is C13H19ClN2O3S. The van der Waals surface area contributed by atoms with Crippen LogP contribution in [0.15, 0.2) is 18.3 Å². The molecule has 1 aromatic rings. The fourth-order valence-corrected chi connectivity index (χ4v) is 3.55. The number of hydrogen-bond acceptors (Lipinski definition) is 4. The van der Waals surface area contributed by atoms with Gasteiger partial charge in [0.1, 0.15) is 5.15 Å². The van der Waals surface area contributed by atoms with Gasteiger partial charge in [-0.15, -0.1) is 0 Å². The second kappa shape index (κ2) is 7.36. The van der Waals surface area contributed by atoms with Gasteiger partial charge in [-0.1, -0.05) is 11.6 Å². The maximum absolute atomic E-state index is 11.9. The normalized spacial score (nSPS) is 17.2. The monoisotopic (exact) mass is 318 g/mol. The SMILES string of the molecule is O=S(=O)(CCC1CCOCC1)NCc1ccnc(Cl)c1. The zero-order valence-corrected chi connectivity index (χ0v) is 12.8. The Kier molecular flexibility index (Phi) is 5.77. The maximum Gasteiger partial charge on any atom is 0.211 e. The largest absolute Gasteiger partial charge is 0.381 e. The summed E-state index contributed by atoms with van der Waals surface area (Å²) in [7, 11) is -3.25. The molecule has 0 amide bonds. The first-order valence-electron chi connectivity index (χ1n) is 6.71. The highest BCUT2D eigenvalue weighted by Gasteiger charge is 2.18. The molecule has 0 radical (unpaired) electrons. The minimum Gasteiger partial charge on any atom is -0.381 e. The summed E-state index contributed by atoms with van der Waals surface area (Å²) in [5.74, 6) is 0.618. The number of halogens is 1. The number of sulfonamides is 1. The predicted octanol–water partition coefficient (Wildman–Crippen LogP) is 1.97. The van der Waals surface area contributed by atoms with Crippen molar-refractivity contribution in [1.29, 1.82) is 0 Å². The van der Waals surface area contributed by atoms with Crippen molar-refractivity contribution in [2.24, 2.45) is 5.92 Å². The Bertz CT molecular complexity index is 530. The van der Waals surface area contributed by atoms with Gasteiger partial charge in [-0.25, -0.2) is 18.1 Å². The molecule has 0 aliphatic carbocycles. The lowest BCUT2D eigenvalue weighted by Gasteiger charge is -2.21. The van der Waals surface area contributed by atoms with E-state index in [-0.39, 0.29) is 12.3 Å². The van der Waals surface area contributed by atoms with Crippen LogP contribution in [0.2, 0.25) is 5.15 Å². The highest BCUT2D eigenvalue weighted by molar-refractivity contribution is 7.89. The van der Waals surface area contributed by atoms with Crippen LogP contribution in [0, 0.1) is 5.92 Å². The third kappa shape index (κ3) is 5.36. The summed E-state index contributed by atoms with van der Waals surface area (Å²) in [4.78, 5) is 3.86. The van der Waals surface area contributed by atoms with Crippen LogP contribution in [-0.2, 0) is 21.3 Å². The molecule has 7 heteroatoms. The van der Waals surface area contributed by atoms with Crippen molar-refractivity contribution in [2.75, 3.05) is 19.0 Å². The summed E-state index contributed by atoms with van der Waals surface area (Å²) < 4.78 is 31.7. The summed E-state index contributed by atoms with van der Waals surface area (Å²) >= 11 is 5.76. The van der Waals surface area contributed by atoms with E-state index in [2.05, 4.69) is 9.71 Å². The van der Waals surface area contributed by atoms with E-state index in [0.717, 1.165) is 31.6 Å². The van der Waals surface area contributed by atoms with Crippen molar-refractivity contribution in [3.05, 3.63) is 29.0 Å². The standard InChI is InChI=1S/C13H19ClN2O3S/c14-13-9-12(1-5-15-13)10-16-20(17,18)8-4-11-2-6-19-7-3-11/h1,5,9,11,16H,2-4,6-8,10H2. The fourth-order valence-electron chi connectivity index (χ4n) is 2.17. The Balaban J connectivity index is 1.78. The summed E-state index contributed by atoms with van der Waals surface area (Å²) in [5, 5.41) is 0.365. The molecule has 1 N–H and O–H groups in total. The summed E-state index contributed by atoms with van der Waals surface area (Å²) in [6.45, 7) is 1.74. The molecule has 1 aliphatic heterocycles. The van der Waals surface area contributed by atoms with E-state index in [0.29, 0.717) is 17.5 Å². The van der Waals surface area contributed by atoms with Gasteiger partial charge in [-0.2, -0.15) is 0 Å². The summed E-state index contributed by atoms with van der Waals surface area (Å²) in [6.07, 6.45) is 4.16. The van der Waals surface area contributed by atoms with Crippen LogP contribution in [0.25, 0.3) is 0 Å². The van der Waals surface area contributed by atoms with E-state index in [9.17, 15) is 8.42 Å². The van der Waals surface area contributed by atoms with Gasteiger partial charge < -0.3 is 4.74 Å². The van der Waals surface area contributed by atoms with E-state index < -0.39 is 10.0 Å². The lowest BCUT2D eigenvalue weighted by Crippen LogP contribution is -2.28. The van der Waals surface area contributed by atoms with Gasteiger partial charge in [-0.3, -0.25) is 0 Å². The topological polar surface area (TPSA) is 68.3 Å². The van der Waals surface area contributed by atoms with Gasteiger partial charge in [0.25, 0.3) is 0 Å². The summed E-state index contributed by atoms with van der Waals surface area (Å²) in [5.41, 5.74) is 0.805. The number of pyridine rings is 1. The molecule has 0 spiro atoms. The van der Waals surface area contributed by atoms with Crippen LogP contribution in [0.4, 0.5) is 0 Å². The lowest BCUT2D eigenvalue weighted by molar-refractivity contribution is 0.0655. The molecule has 0 unspecified atom stereocenters. The number of rotatable bonds is 6. The van der Waals surface area contributed by atoms with E-state index in [1.807, 2.05) is 0 Å². The number of hydrogen-bond donors (Lipinski definition) is 1. The fraction of sp³-hybridized carbons (Fsp3) is 0.615. The molecule has 0 bridgehead atoms. The molecule has 2 rings (SSSR count). The Morgan fingerprint density at radius 2 is 2.15 bits per heavy atom. The smallest absolute Gasteiger partial charge is 0.211 e. The van der Waals surface area contributed by atoms with Gasteiger partial charge in [-0.05, 0) is 42.9 Å². The van der Waals surface area contributed by atoms with Gasteiger partial charge in [0, 0.05) is 26.0 Å². The molecule has 0 saturated carbocycles. The first kappa shape index (κ1) is 15.7. The Hall–Kier alpha value is -0.690. The molecule has 2 heterocycles. The minimum atomic E-state index is -3.25. The molecular weight excluding hydrogens is 300 g/mol. The van der Waals surface area contributed by atoms with Crippen LogP contribution in [0.5, 0.6) is 0 Å². The predicted molar refractivity (Wildman–Crippen MR) is 78.0 cm³/mol. The molecule has 1 saturated heterocycles. The van der Waals surface area contributed by atoms with Crippen molar-refractivity contribution in [3.8, 4) is 0 Å². The molecule has 5 nitrogen and oxygen atoms in total.